The first-order valence-electron chi connectivity index (χ1n) is 9.34. The molecule has 5 nitrogen and oxygen atoms in total. The van der Waals surface area contributed by atoms with Crippen LogP contribution in [0.5, 0.6) is 0 Å². The molecule has 1 unspecified atom stereocenters. The van der Waals surface area contributed by atoms with E-state index in [0.717, 1.165) is 0 Å². The maximum absolute atomic E-state index is 14.2. The topological polar surface area (TPSA) is 70.7 Å². The van der Waals surface area contributed by atoms with Gasteiger partial charge in [-0.05, 0) is 34.7 Å². The van der Waals surface area contributed by atoms with Crippen LogP contribution in [0.15, 0.2) is 54.9 Å². The maximum atomic E-state index is 14.2. The van der Waals surface area contributed by atoms with Crippen LogP contribution < -0.4 is 5.32 Å². The lowest BCUT2D eigenvalue weighted by Crippen LogP contribution is -2.40. The van der Waals surface area contributed by atoms with Gasteiger partial charge in [-0.15, -0.1) is 0 Å². The zero-order chi connectivity index (χ0) is 21.5. The third-order valence-corrected chi connectivity index (χ3v) is 5.29. The van der Waals surface area contributed by atoms with E-state index in [9.17, 15) is 23.2 Å². The third-order valence-electron chi connectivity index (χ3n) is 5.29. The Morgan fingerprint density at radius 2 is 1.87 bits per heavy atom. The van der Waals surface area contributed by atoms with Crippen molar-refractivity contribution >= 4 is 5.91 Å². The fourth-order valence-electron chi connectivity index (χ4n) is 4.05. The summed E-state index contributed by atoms with van der Waals surface area (Å²) in [5.41, 5.74) is -1.05. The SMILES string of the molecule is CCNC(=O)Cn1cc(-c2cccc3c2-c2ccccc2C3(C#N)C(F)(F)F)cn1. The fourth-order valence-corrected chi connectivity index (χ4v) is 4.05. The quantitative estimate of drug-likeness (QED) is 0.706. The van der Waals surface area contributed by atoms with Crippen molar-refractivity contribution in [3.05, 3.63) is 66.0 Å². The highest BCUT2D eigenvalue weighted by Crippen LogP contribution is 2.58. The summed E-state index contributed by atoms with van der Waals surface area (Å²) in [4.78, 5) is 11.8. The van der Waals surface area contributed by atoms with Gasteiger partial charge >= 0.3 is 6.18 Å². The van der Waals surface area contributed by atoms with E-state index in [1.165, 1.54) is 35.1 Å². The summed E-state index contributed by atoms with van der Waals surface area (Å²) in [5, 5.41) is 16.6. The van der Waals surface area contributed by atoms with Crippen molar-refractivity contribution in [3.63, 3.8) is 0 Å². The van der Waals surface area contributed by atoms with Crippen LogP contribution in [0.2, 0.25) is 0 Å². The number of fused-ring (bicyclic) bond motifs is 3. The maximum Gasteiger partial charge on any atom is 0.415 e. The molecule has 0 radical (unpaired) electrons. The Morgan fingerprint density at radius 1 is 1.17 bits per heavy atom. The van der Waals surface area contributed by atoms with Gasteiger partial charge in [-0.25, -0.2) is 0 Å². The predicted octanol–water partition coefficient (Wildman–Crippen LogP) is 4.04. The molecule has 2 aromatic carbocycles. The van der Waals surface area contributed by atoms with Crippen molar-refractivity contribution in [2.45, 2.75) is 25.1 Å². The average Bonchev–Trinajstić information content (AvgIpc) is 3.28. The minimum atomic E-state index is -4.79. The first-order chi connectivity index (χ1) is 14.3. The lowest BCUT2D eigenvalue weighted by atomic mass is 9.78. The Kier molecular flexibility index (Phi) is 4.61. The number of carbonyl (C=O) groups is 1. The van der Waals surface area contributed by atoms with E-state index in [1.807, 2.05) is 0 Å². The zero-order valence-corrected chi connectivity index (χ0v) is 16.0. The second kappa shape index (κ2) is 7.02. The molecule has 4 rings (SSSR count). The van der Waals surface area contributed by atoms with Gasteiger partial charge in [-0.1, -0.05) is 42.5 Å². The van der Waals surface area contributed by atoms with Crippen LogP contribution in [-0.2, 0) is 16.8 Å². The number of benzene rings is 2. The number of likely N-dealkylation sites (N-methyl/N-ethyl adjacent to an activating group) is 1. The second-order valence-corrected chi connectivity index (χ2v) is 7.01. The zero-order valence-electron chi connectivity index (χ0n) is 16.0. The minimum absolute atomic E-state index is 0.00410. The van der Waals surface area contributed by atoms with E-state index < -0.39 is 11.6 Å². The lowest BCUT2D eigenvalue weighted by Gasteiger charge is -2.27. The van der Waals surface area contributed by atoms with Gasteiger partial charge < -0.3 is 5.32 Å². The van der Waals surface area contributed by atoms with E-state index in [-0.39, 0.29) is 23.6 Å². The number of halogens is 3. The molecule has 1 atom stereocenters. The lowest BCUT2D eigenvalue weighted by molar-refractivity contribution is -0.161. The van der Waals surface area contributed by atoms with Crippen LogP contribution in [0.25, 0.3) is 22.3 Å². The highest BCUT2D eigenvalue weighted by molar-refractivity contribution is 5.93. The number of nitriles is 1. The van der Waals surface area contributed by atoms with E-state index in [1.54, 1.807) is 37.4 Å². The van der Waals surface area contributed by atoms with Gasteiger partial charge in [0, 0.05) is 18.3 Å². The Hall–Kier alpha value is -3.60. The fraction of sp³-hybridized carbons (Fsp3) is 0.227. The molecule has 152 valence electrons. The number of hydrogen-bond donors (Lipinski definition) is 1. The number of alkyl halides is 3. The van der Waals surface area contributed by atoms with Crippen molar-refractivity contribution in [2.24, 2.45) is 0 Å². The van der Waals surface area contributed by atoms with Gasteiger partial charge in [0.1, 0.15) is 6.54 Å². The number of nitrogens with zero attached hydrogens (tertiary/aromatic N) is 3. The first-order valence-corrected chi connectivity index (χ1v) is 9.34. The molecule has 30 heavy (non-hydrogen) atoms. The van der Waals surface area contributed by atoms with Crippen LogP contribution in [0, 0.1) is 11.3 Å². The number of nitrogens with one attached hydrogen (secondary N) is 1. The molecule has 1 N–H and O–H groups in total. The summed E-state index contributed by atoms with van der Waals surface area (Å²) in [6.45, 7) is 2.30. The van der Waals surface area contributed by atoms with Gasteiger partial charge in [0.05, 0.1) is 12.3 Å². The van der Waals surface area contributed by atoms with E-state index in [0.29, 0.717) is 28.8 Å². The molecular formula is C22H17F3N4O. The summed E-state index contributed by atoms with van der Waals surface area (Å²) < 4.78 is 44.2. The molecule has 0 fully saturated rings. The summed E-state index contributed by atoms with van der Waals surface area (Å²) in [6, 6.07) is 12.2. The van der Waals surface area contributed by atoms with Crippen molar-refractivity contribution in [3.8, 4) is 28.3 Å². The van der Waals surface area contributed by atoms with Crippen molar-refractivity contribution in [1.82, 2.24) is 15.1 Å². The molecule has 0 spiro atoms. The van der Waals surface area contributed by atoms with E-state index >= 15 is 0 Å². The Labute approximate surface area is 170 Å². The van der Waals surface area contributed by atoms with E-state index in [2.05, 4.69) is 10.4 Å². The molecule has 0 saturated carbocycles. The standard InChI is InChI=1S/C22H17F3N4O/c1-2-27-19(30)12-29-11-14(10-28-29)15-7-5-9-18-20(15)16-6-3-4-8-17(16)21(18,13-26)22(23,24)25/h3-11H,2,12H2,1H3,(H,27,30). The van der Waals surface area contributed by atoms with Crippen molar-refractivity contribution in [2.75, 3.05) is 6.54 Å². The first kappa shape index (κ1) is 19.7. The van der Waals surface area contributed by atoms with Gasteiger partial charge in [0.25, 0.3) is 0 Å². The van der Waals surface area contributed by atoms with Gasteiger partial charge in [-0.2, -0.15) is 23.5 Å². The smallest absolute Gasteiger partial charge is 0.355 e. The number of rotatable bonds is 4. The predicted molar refractivity (Wildman–Crippen MR) is 104 cm³/mol. The number of carbonyl (C=O) groups excluding carboxylic acids is 1. The monoisotopic (exact) mass is 410 g/mol. The van der Waals surface area contributed by atoms with Gasteiger partial charge in [-0.3, -0.25) is 9.48 Å². The molecule has 0 bridgehead atoms. The molecule has 0 aliphatic heterocycles. The number of hydrogen-bond acceptors (Lipinski definition) is 3. The molecule has 1 amide bonds. The summed E-state index contributed by atoms with van der Waals surface area (Å²) in [7, 11) is 0. The number of amides is 1. The summed E-state index contributed by atoms with van der Waals surface area (Å²) >= 11 is 0. The average molecular weight is 410 g/mol. The Bertz CT molecular complexity index is 1180. The largest absolute Gasteiger partial charge is 0.415 e. The van der Waals surface area contributed by atoms with Crippen LogP contribution >= 0.6 is 0 Å². The number of aromatic nitrogens is 2. The molecular weight excluding hydrogens is 393 g/mol. The van der Waals surface area contributed by atoms with Crippen molar-refractivity contribution < 1.29 is 18.0 Å². The molecule has 1 aliphatic rings. The van der Waals surface area contributed by atoms with Crippen LogP contribution in [0.4, 0.5) is 13.2 Å². The van der Waals surface area contributed by atoms with E-state index in [4.69, 9.17) is 0 Å². The highest BCUT2D eigenvalue weighted by Gasteiger charge is 2.62. The summed E-state index contributed by atoms with van der Waals surface area (Å²) in [5.74, 6) is -0.212. The Balaban J connectivity index is 1.90. The molecule has 1 aromatic heterocycles. The highest BCUT2D eigenvalue weighted by atomic mass is 19.4. The molecule has 3 aromatic rings. The summed E-state index contributed by atoms with van der Waals surface area (Å²) in [6.07, 6.45) is -1.66. The molecule has 1 heterocycles. The van der Waals surface area contributed by atoms with Crippen molar-refractivity contribution in [1.29, 1.82) is 5.26 Å². The molecule has 8 heteroatoms. The van der Waals surface area contributed by atoms with Gasteiger partial charge in [0.15, 0.2) is 0 Å². The second-order valence-electron chi connectivity index (χ2n) is 7.01. The van der Waals surface area contributed by atoms with Crippen LogP contribution in [-0.4, -0.2) is 28.4 Å². The molecule has 0 saturated heterocycles. The normalized spacial score (nSPS) is 17.2. The Morgan fingerprint density at radius 3 is 2.57 bits per heavy atom. The minimum Gasteiger partial charge on any atom is -0.355 e. The van der Waals surface area contributed by atoms with Crippen LogP contribution in [0.1, 0.15) is 18.1 Å². The van der Waals surface area contributed by atoms with Gasteiger partial charge in [0.2, 0.25) is 11.3 Å². The third kappa shape index (κ3) is 2.77. The van der Waals surface area contributed by atoms with Crippen LogP contribution in [0.3, 0.4) is 0 Å². The molecule has 1 aliphatic carbocycles.